The van der Waals surface area contributed by atoms with E-state index in [1.165, 1.54) is 0 Å². The van der Waals surface area contributed by atoms with Crippen molar-refractivity contribution in [3.63, 3.8) is 0 Å². The number of amides is 1. The quantitative estimate of drug-likeness (QED) is 0.836. The van der Waals surface area contributed by atoms with Crippen LogP contribution in [0.3, 0.4) is 0 Å². The molecule has 0 aromatic heterocycles. The molecule has 2 N–H and O–H groups in total. The minimum Gasteiger partial charge on any atom is -0.481 e. The Labute approximate surface area is 118 Å². The Morgan fingerprint density at radius 1 is 1.30 bits per heavy atom. The van der Waals surface area contributed by atoms with Crippen molar-refractivity contribution in [3.8, 4) is 5.75 Å². The van der Waals surface area contributed by atoms with Crippen molar-refractivity contribution in [3.05, 3.63) is 29.3 Å². The second-order valence-corrected chi connectivity index (χ2v) is 5.07. The lowest BCUT2D eigenvalue weighted by molar-refractivity contribution is -0.139. The fourth-order valence-electron chi connectivity index (χ4n) is 1.77. The van der Waals surface area contributed by atoms with Gasteiger partial charge in [-0.1, -0.05) is 26.0 Å². The number of benzene rings is 1. The third kappa shape index (κ3) is 4.57. The van der Waals surface area contributed by atoms with E-state index < -0.39 is 24.5 Å². The van der Waals surface area contributed by atoms with Crippen molar-refractivity contribution in [2.45, 2.75) is 39.7 Å². The lowest BCUT2D eigenvalue weighted by atomic mass is 10.0. The molecule has 1 aromatic carbocycles. The average Bonchev–Trinajstić information content (AvgIpc) is 2.35. The van der Waals surface area contributed by atoms with Crippen molar-refractivity contribution in [1.82, 2.24) is 5.32 Å². The summed E-state index contributed by atoms with van der Waals surface area (Å²) in [7, 11) is 0. The van der Waals surface area contributed by atoms with E-state index >= 15 is 0 Å². The number of ether oxygens (including phenoxy) is 1. The van der Waals surface area contributed by atoms with Gasteiger partial charge in [0.1, 0.15) is 12.3 Å². The smallest absolute Gasteiger partial charge is 0.322 e. The summed E-state index contributed by atoms with van der Waals surface area (Å²) in [6, 6.07) is 5.87. The van der Waals surface area contributed by atoms with Gasteiger partial charge in [0.15, 0.2) is 6.10 Å². The molecule has 0 fully saturated rings. The van der Waals surface area contributed by atoms with Gasteiger partial charge in [0.25, 0.3) is 5.91 Å². The molecule has 0 aliphatic carbocycles. The third-order valence-corrected chi connectivity index (χ3v) is 2.88. The molecule has 5 nitrogen and oxygen atoms in total. The maximum absolute atomic E-state index is 11.7. The van der Waals surface area contributed by atoms with Gasteiger partial charge in [0, 0.05) is 0 Å². The normalized spacial score (nSPS) is 12.1. The zero-order chi connectivity index (χ0) is 15.3. The van der Waals surface area contributed by atoms with Crippen molar-refractivity contribution in [2.24, 2.45) is 0 Å². The standard InChI is InChI=1S/C15H21NO4/c1-9(2)12-6-5-10(3)7-13(12)20-11(4)15(19)16-8-14(17)18/h5-7,9,11H,8H2,1-4H3,(H,16,19)(H,17,18). The molecule has 0 spiro atoms. The van der Waals surface area contributed by atoms with E-state index in [4.69, 9.17) is 9.84 Å². The Morgan fingerprint density at radius 3 is 2.50 bits per heavy atom. The second kappa shape index (κ2) is 6.93. The molecule has 0 aliphatic rings. The van der Waals surface area contributed by atoms with Crippen LogP contribution in [-0.2, 0) is 9.59 Å². The van der Waals surface area contributed by atoms with Crippen LogP contribution in [0.15, 0.2) is 18.2 Å². The minimum absolute atomic E-state index is 0.278. The van der Waals surface area contributed by atoms with Crippen molar-refractivity contribution < 1.29 is 19.4 Å². The highest BCUT2D eigenvalue weighted by Gasteiger charge is 2.18. The molecule has 1 rings (SSSR count). The van der Waals surface area contributed by atoms with Gasteiger partial charge in [-0.3, -0.25) is 9.59 Å². The van der Waals surface area contributed by atoms with Gasteiger partial charge in [-0.2, -0.15) is 0 Å². The predicted molar refractivity (Wildman–Crippen MR) is 76.0 cm³/mol. The van der Waals surface area contributed by atoms with Crippen molar-refractivity contribution in [2.75, 3.05) is 6.54 Å². The van der Waals surface area contributed by atoms with Crippen LogP contribution in [0.5, 0.6) is 5.75 Å². The number of carbonyl (C=O) groups is 2. The molecule has 1 amide bonds. The van der Waals surface area contributed by atoms with E-state index in [0.29, 0.717) is 5.75 Å². The van der Waals surface area contributed by atoms with E-state index in [-0.39, 0.29) is 5.92 Å². The summed E-state index contributed by atoms with van der Waals surface area (Å²) in [5.41, 5.74) is 2.07. The molecule has 20 heavy (non-hydrogen) atoms. The number of aliphatic carboxylic acids is 1. The molecular formula is C15H21NO4. The van der Waals surface area contributed by atoms with Crippen LogP contribution in [0.4, 0.5) is 0 Å². The highest BCUT2D eigenvalue weighted by Crippen LogP contribution is 2.28. The second-order valence-electron chi connectivity index (χ2n) is 5.07. The van der Waals surface area contributed by atoms with Crippen LogP contribution in [0, 0.1) is 6.92 Å². The summed E-state index contributed by atoms with van der Waals surface area (Å²) in [6.07, 6.45) is -0.742. The minimum atomic E-state index is -1.08. The first-order chi connectivity index (χ1) is 9.31. The average molecular weight is 279 g/mol. The summed E-state index contributed by atoms with van der Waals surface area (Å²) in [4.78, 5) is 22.1. The molecule has 1 atom stereocenters. The summed E-state index contributed by atoms with van der Waals surface area (Å²) >= 11 is 0. The molecule has 0 saturated heterocycles. The zero-order valence-electron chi connectivity index (χ0n) is 12.3. The van der Waals surface area contributed by atoms with Gasteiger partial charge in [-0.15, -0.1) is 0 Å². The number of carboxylic acid groups (broad SMARTS) is 1. The molecule has 0 bridgehead atoms. The zero-order valence-corrected chi connectivity index (χ0v) is 12.3. The van der Waals surface area contributed by atoms with Crippen molar-refractivity contribution >= 4 is 11.9 Å². The fraction of sp³-hybridized carbons (Fsp3) is 0.467. The molecule has 0 saturated carbocycles. The topological polar surface area (TPSA) is 75.6 Å². The first kappa shape index (κ1) is 16.0. The molecule has 0 radical (unpaired) electrons. The molecule has 5 heteroatoms. The Hall–Kier alpha value is -2.04. The van der Waals surface area contributed by atoms with Crippen LogP contribution in [-0.4, -0.2) is 29.6 Å². The van der Waals surface area contributed by atoms with Crippen LogP contribution >= 0.6 is 0 Å². The van der Waals surface area contributed by atoms with E-state index in [2.05, 4.69) is 5.32 Å². The van der Waals surface area contributed by atoms with E-state index in [0.717, 1.165) is 11.1 Å². The largest absolute Gasteiger partial charge is 0.481 e. The molecule has 1 unspecified atom stereocenters. The summed E-state index contributed by atoms with van der Waals surface area (Å²) in [5, 5.41) is 10.8. The number of carbonyl (C=O) groups excluding carboxylic acids is 1. The third-order valence-electron chi connectivity index (χ3n) is 2.88. The number of hydrogen-bond donors (Lipinski definition) is 2. The molecule has 1 aromatic rings. The maximum atomic E-state index is 11.7. The van der Waals surface area contributed by atoms with E-state index in [1.807, 2.05) is 39.0 Å². The molecule has 110 valence electrons. The summed E-state index contributed by atoms with van der Waals surface area (Å²) in [5.74, 6) is -0.578. The van der Waals surface area contributed by atoms with E-state index in [1.54, 1.807) is 6.92 Å². The summed E-state index contributed by atoms with van der Waals surface area (Å²) < 4.78 is 5.68. The Morgan fingerprint density at radius 2 is 1.95 bits per heavy atom. The Balaban J connectivity index is 2.79. The fourth-order valence-corrected chi connectivity index (χ4v) is 1.77. The van der Waals surface area contributed by atoms with Gasteiger partial charge in [0.2, 0.25) is 0 Å². The monoisotopic (exact) mass is 279 g/mol. The number of nitrogens with one attached hydrogen (secondary N) is 1. The first-order valence-corrected chi connectivity index (χ1v) is 6.58. The highest BCUT2D eigenvalue weighted by atomic mass is 16.5. The first-order valence-electron chi connectivity index (χ1n) is 6.58. The van der Waals surface area contributed by atoms with Crippen LogP contribution in [0.25, 0.3) is 0 Å². The number of carboxylic acids is 1. The molecular weight excluding hydrogens is 258 g/mol. The van der Waals surface area contributed by atoms with Crippen LogP contribution in [0.2, 0.25) is 0 Å². The lowest BCUT2D eigenvalue weighted by Gasteiger charge is -2.19. The Bertz CT molecular complexity index is 497. The van der Waals surface area contributed by atoms with Gasteiger partial charge >= 0.3 is 5.97 Å². The number of aryl methyl sites for hydroxylation is 1. The van der Waals surface area contributed by atoms with Gasteiger partial charge in [-0.25, -0.2) is 0 Å². The van der Waals surface area contributed by atoms with Crippen molar-refractivity contribution in [1.29, 1.82) is 0 Å². The van der Waals surface area contributed by atoms with Gasteiger partial charge in [-0.05, 0) is 37.0 Å². The highest BCUT2D eigenvalue weighted by molar-refractivity contribution is 5.84. The molecule has 0 heterocycles. The number of rotatable bonds is 6. The van der Waals surface area contributed by atoms with Gasteiger partial charge in [0.05, 0.1) is 0 Å². The lowest BCUT2D eigenvalue weighted by Crippen LogP contribution is -2.39. The SMILES string of the molecule is Cc1ccc(C(C)C)c(OC(C)C(=O)NCC(=O)O)c1. The van der Waals surface area contributed by atoms with Crippen LogP contribution < -0.4 is 10.1 Å². The van der Waals surface area contributed by atoms with Crippen LogP contribution in [0.1, 0.15) is 37.8 Å². The summed E-state index contributed by atoms with van der Waals surface area (Å²) in [6.45, 7) is 7.24. The van der Waals surface area contributed by atoms with Gasteiger partial charge < -0.3 is 15.2 Å². The maximum Gasteiger partial charge on any atom is 0.322 e. The Kier molecular flexibility index (Phi) is 5.55. The number of hydrogen-bond acceptors (Lipinski definition) is 3. The van der Waals surface area contributed by atoms with E-state index in [9.17, 15) is 9.59 Å². The predicted octanol–water partition coefficient (Wildman–Crippen LogP) is 2.09. The molecule has 0 aliphatic heterocycles.